The molecule has 1 aromatic rings. The van der Waals surface area contributed by atoms with Crippen molar-refractivity contribution >= 4 is 17.7 Å². The molecule has 0 aromatic heterocycles. The summed E-state index contributed by atoms with van der Waals surface area (Å²) in [5.41, 5.74) is -2.57. The fourth-order valence-electron chi connectivity index (χ4n) is 4.01. The molecule has 3 aliphatic heterocycles. The highest BCUT2D eigenvalue weighted by Gasteiger charge is 2.37. The number of carbonyl (C=O) groups is 1. The number of nitrogens with zero attached hydrogens (tertiary/aromatic N) is 3. The van der Waals surface area contributed by atoms with E-state index in [1.165, 1.54) is 12.4 Å². The molecule has 0 radical (unpaired) electrons. The molecule has 0 aliphatic carbocycles. The van der Waals surface area contributed by atoms with Gasteiger partial charge in [-0.3, -0.25) is 9.79 Å². The Hall–Kier alpha value is -2.86. The molecule has 0 unspecified atom stereocenters. The van der Waals surface area contributed by atoms with E-state index >= 15 is 0 Å². The predicted octanol–water partition coefficient (Wildman–Crippen LogP) is 3.61. The fourth-order valence-corrected chi connectivity index (χ4v) is 4.01. The van der Waals surface area contributed by atoms with Gasteiger partial charge in [0.05, 0.1) is 35.0 Å². The van der Waals surface area contributed by atoms with Crippen molar-refractivity contribution < 1.29 is 36.2 Å². The van der Waals surface area contributed by atoms with Crippen LogP contribution in [-0.2, 0) is 17.1 Å². The van der Waals surface area contributed by atoms with E-state index in [9.17, 15) is 36.2 Å². The van der Waals surface area contributed by atoms with Crippen LogP contribution in [0, 0.1) is 0 Å². The number of alkyl halides is 6. The number of allylic oxidation sites excluding steroid dienone is 1. The van der Waals surface area contributed by atoms with Crippen molar-refractivity contribution in [2.75, 3.05) is 31.5 Å². The number of benzene rings is 1. The summed E-state index contributed by atoms with van der Waals surface area (Å²) in [6.45, 7) is 1.10. The molecule has 0 amide bonds. The van der Waals surface area contributed by atoms with Crippen molar-refractivity contribution in [3.05, 3.63) is 52.4 Å². The molecule has 12 heteroatoms. The van der Waals surface area contributed by atoms with Crippen LogP contribution >= 0.6 is 0 Å². The van der Waals surface area contributed by atoms with Gasteiger partial charge in [-0.2, -0.15) is 26.3 Å². The third kappa shape index (κ3) is 5.06. The lowest BCUT2D eigenvalue weighted by Gasteiger charge is -2.41. The lowest BCUT2D eigenvalue weighted by molar-refractivity contribution is -0.143. The van der Waals surface area contributed by atoms with Crippen molar-refractivity contribution in [1.82, 2.24) is 10.0 Å². The number of dihydropyridines is 1. The van der Waals surface area contributed by atoms with E-state index in [1.807, 2.05) is 5.01 Å². The maximum absolute atomic E-state index is 13.3. The number of halogens is 6. The van der Waals surface area contributed by atoms with Gasteiger partial charge < -0.3 is 15.4 Å². The highest BCUT2D eigenvalue weighted by molar-refractivity contribution is 6.10. The number of aliphatic hydroxyl groups excluding tert-OH is 1. The first-order valence-electron chi connectivity index (χ1n) is 10.2. The molecule has 2 N–H and O–H groups in total. The topological polar surface area (TPSA) is 68.2 Å². The summed E-state index contributed by atoms with van der Waals surface area (Å²) in [6, 6.07) is 1.21. The predicted molar refractivity (Wildman–Crippen MR) is 107 cm³/mol. The minimum Gasteiger partial charge on any atom is -0.393 e. The lowest BCUT2D eigenvalue weighted by Crippen LogP contribution is -2.48. The molecule has 1 fully saturated rings. The highest BCUT2D eigenvalue weighted by Crippen LogP contribution is 2.38. The van der Waals surface area contributed by atoms with Gasteiger partial charge in [0.15, 0.2) is 5.78 Å². The molecule has 4 rings (SSSR count). The molecule has 1 saturated heterocycles. The maximum Gasteiger partial charge on any atom is 0.416 e. The number of carbonyl (C=O) groups excluding carboxylic acids is 1. The van der Waals surface area contributed by atoms with Gasteiger partial charge in [-0.25, -0.2) is 5.01 Å². The van der Waals surface area contributed by atoms with Crippen LogP contribution in [0.4, 0.5) is 32.0 Å². The van der Waals surface area contributed by atoms with Gasteiger partial charge in [-0.1, -0.05) is 0 Å². The highest BCUT2D eigenvalue weighted by atomic mass is 19.4. The number of hydrogen-bond acceptors (Lipinski definition) is 6. The van der Waals surface area contributed by atoms with Gasteiger partial charge in [0.25, 0.3) is 0 Å². The first-order valence-corrected chi connectivity index (χ1v) is 10.2. The lowest BCUT2D eigenvalue weighted by atomic mass is 9.96. The Balaban J connectivity index is 1.72. The minimum atomic E-state index is -4.99. The van der Waals surface area contributed by atoms with Gasteiger partial charge in [0.2, 0.25) is 0 Å². The number of nitrogens with one attached hydrogen (secondary N) is 1. The van der Waals surface area contributed by atoms with E-state index in [2.05, 4.69) is 10.3 Å². The SMILES string of the molecule is O=C1CN=CC2=C1C(Nc1cc(C(F)(F)F)cc(C(F)(F)F)c1)=CN(N1CCC(O)CC1)C2. The molecule has 3 aliphatic rings. The van der Waals surface area contributed by atoms with Gasteiger partial charge >= 0.3 is 12.4 Å². The molecule has 0 spiro atoms. The van der Waals surface area contributed by atoms with Crippen LogP contribution < -0.4 is 5.32 Å². The summed E-state index contributed by atoms with van der Waals surface area (Å²) in [4.78, 5) is 16.5. The molecule has 1 aromatic carbocycles. The van der Waals surface area contributed by atoms with E-state index in [0.717, 1.165) is 0 Å². The van der Waals surface area contributed by atoms with Crippen LogP contribution in [0.2, 0.25) is 0 Å². The van der Waals surface area contributed by atoms with Crippen LogP contribution in [0.25, 0.3) is 0 Å². The summed E-state index contributed by atoms with van der Waals surface area (Å²) in [5, 5.41) is 16.0. The second-order valence-electron chi connectivity index (χ2n) is 8.04. The second-order valence-corrected chi connectivity index (χ2v) is 8.04. The average Bonchev–Trinajstić information content (AvgIpc) is 2.72. The Morgan fingerprint density at radius 3 is 2.18 bits per heavy atom. The largest absolute Gasteiger partial charge is 0.416 e. The van der Waals surface area contributed by atoms with E-state index in [4.69, 9.17) is 0 Å². The number of ketones is 1. The van der Waals surface area contributed by atoms with Crippen LogP contribution in [0.3, 0.4) is 0 Å². The van der Waals surface area contributed by atoms with E-state index < -0.39 is 35.3 Å². The number of piperidine rings is 1. The molecule has 178 valence electrons. The van der Waals surface area contributed by atoms with Gasteiger partial charge in [0, 0.05) is 36.8 Å². The summed E-state index contributed by atoms with van der Waals surface area (Å²) >= 11 is 0. The van der Waals surface area contributed by atoms with E-state index in [1.54, 1.807) is 5.01 Å². The summed E-state index contributed by atoms with van der Waals surface area (Å²) in [6.07, 6.45) is -6.41. The van der Waals surface area contributed by atoms with Crippen molar-refractivity contribution in [2.24, 2.45) is 4.99 Å². The molecule has 3 heterocycles. The van der Waals surface area contributed by atoms with Crippen LogP contribution in [-0.4, -0.2) is 59.4 Å². The number of Topliss-reactive ketones (excluding diaryl/α,β-unsaturated/α-hetero) is 1. The maximum atomic E-state index is 13.3. The molecular weight excluding hydrogens is 454 g/mol. The molecule has 0 saturated carbocycles. The Kier molecular flexibility index (Phi) is 5.99. The van der Waals surface area contributed by atoms with Crippen LogP contribution in [0.15, 0.2) is 46.2 Å². The monoisotopic (exact) mass is 474 g/mol. The zero-order valence-electron chi connectivity index (χ0n) is 17.2. The first kappa shape index (κ1) is 23.3. The number of hydrazine groups is 1. The Morgan fingerprint density at radius 2 is 1.61 bits per heavy atom. The normalized spacial score (nSPS) is 20.8. The number of anilines is 1. The number of rotatable bonds is 3. The zero-order valence-corrected chi connectivity index (χ0v) is 17.2. The van der Waals surface area contributed by atoms with Crippen molar-refractivity contribution in [3.63, 3.8) is 0 Å². The van der Waals surface area contributed by atoms with Crippen molar-refractivity contribution in [2.45, 2.75) is 31.3 Å². The summed E-state index contributed by atoms with van der Waals surface area (Å²) in [5.74, 6) is -0.386. The number of aliphatic hydroxyl groups is 1. The first-order chi connectivity index (χ1) is 15.4. The Morgan fingerprint density at radius 1 is 1.00 bits per heavy atom. The zero-order chi connectivity index (χ0) is 24.0. The van der Waals surface area contributed by atoms with Gasteiger partial charge in [-0.15, -0.1) is 0 Å². The van der Waals surface area contributed by atoms with Crippen molar-refractivity contribution in [1.29, 1.82) is 0 Å². The average molecular weight is 474 g/mol. The summed E-state index contributed by atoms with van der Waals surface area (Å²) < 4.78 is 79.5. The van der Waals surface area contributed by atoms with Crippen LogP contribution in [0.5, 0.6) is 0 Å². The van der Waals surface area contributed by atoms with E-state index in [0.29, 0.717) is 43.6 Å². The van der Waals surface area contributed by atoms with Gasteiger partial charge in [0.1, 0.15) is 6.54 Å². The third-order valence-corrected chi connectivity index (χ3v) is 5.63. The van der Waals surface area contributed by atoms with Crippen molar-refractivity contribution in [3.8, 4) is 0 Å². The second kappa shape index (κ2) is 8.49. The molecule has 0 bridgehead atoms. The number of hydrogen-bond donors (Lipinski definition) is 2. The molecule has 0 atom stereocenters. The Labute approximate surface area is 184 Å². The standard InChI is InChI=1S/C21H20F6N4O2/c22-20(23,24)13-5-14(21(25,26)27)7-15(6-13)29-17-11-31(30-3-1-16(32)2-4-30)10-12-8-28-9-18(33)19(12)17/h5-8,11,16,29,32H,1-4,9-10H2. The van der Waals surface area contributed by atoms with E-state index in [-0.39, 0.29) is 36.2 Å². The molecule has 6 nitrogen and oxygen atoms in total. The minimum absolute atomic E-state index is 0.0505. The molecule has 33 heavy (non-hydrogen) atoms. The quantitative estimate of drug-likeness (QED) is 0.656. The smallest absolute Gasteiger partial charge is 0.393 e. The van der Waals surface area contributed by atoms with Crippen LogP contribution in [0.1, 0.15) is 24.0 Å². The summed E-state index contributed by atoms with van der Waals surface area (Å²) in [7, 11) is 0. The third-order valence-electron chi connectivity index (χ3n) is 5.63. The molecular formula is C21H20F6N4O2. The number of aliphatic imine (C=N–C) groups is 1. The van der Waals surface area contributed by atoms with Gasteiger partial charge in [-0.05, 0) is 31.0 Å². The fraction of sp³-hybridized carbons (Fsp3) is 0.429. The Bertz CT molecular complexity index is 1000.